The predicted molar refractivity (Wildman–Crippen MR) is 115 cm³/mol. The Morgan fingerprint density at radius 1 is 1.04 bits per heavy atom. The van der Waals surface area contributed by atoms with Crippen LogP contribution in [0.25, 0.3) is 10.8 Å². The minimum absolute atomic E-state index is 0.107. The lowest BCUT2D eigenvalue weighted by Gasteiger charge is -2.15. The average Bonchev–Trinajstić information content (AvgIpc) is 2.76. The molecule has 0 saturated carbocycles. The van der Waals surface area contributed by atoms with E-state index < -0.39 is 0 Å². The minimum Gasteiger partial charge on any atom is -0.374 e. The van der Waals surface area contributed by atoms with E-state index in [9.17, 15) is 0 Å². The number of benzene rings is 2. The van der Waals surface area contributed by atoms with Crippen LogP contribution < -0.4 is 10.6 Å². The maximum atomic E-state index is 5.91. The number of fused-ring (bicyclic) bond motifs is 1. The molecule has 1 aromatic heterocycles. The van der Waals surface area contributed by atoms with Gasteiger partial charge in [-0.3, -0.25) is 9.98 Å². The number of aliphatic imine (C=N–C) groups is 1. The quantitative estimate of drug-likeness (QED) is 0.353. The zero-order valence-electron chi connectivity index (χ0n) is 16.6. The zero-order chi connectivity index (χ0) is 19.6. The fourth-order valence-corrected chi connectivity index (χ4v) is 3.07. The number of ether oxygens (including phenoxy) is 1. The first-order chi connectivity index (χ1) is 13.8. The van der Waals surface area contributed by atoms with Crippen molar-refractivity contribution < 1.29 is 4.74 Å². The largest absolute Gasteiger partial charge is 0.374 e. The molecule has 28 heavy (non-hydrogen) atoms. The Bertz CT molecular complexity index is 890. The van der Waals surface area contributed by atoms with Crippen molar-refractivity contribution in [3.8, 4) is 0 Å². The second-order valence-electron chi connectivity index (χ2n) is 6.61. The third-order valence-corrected chi connectivity index (χ3v) is 4.65. The molecule has 0 fully saturated rings. The number of nitrogens with zero attached hydrogens (tertiary/aromatic N) is 2. The van der Waals surface area contributed by atoms with Gasteiger partial charge in [-0.1, -0.05) is 54.6 Å². The van der Waals surface area contributed by atoms with Crippen molar-refractivity contribution >= 4 is 16.7 Å². The van der Waals surface area contributed by atoms with Gasteiger partial charge in [-0.25, -0.2) is 0 Å². The summed E-state index contributed by atoms with van der Waals surface area (Å²) in [5, 5.41) is 9.03. The summed E-state index contributed by atoms with van der Waals surface area (Å²) >= 11 is 0. The minimum atomic E-state index is 0.107. The molecule has 5 heteroatoms. The molecule has 0 aliphatic carbocycles. The third-order valence-electron chi connectivity index (χ3n) is 4.65. The fraction of sp³-hybridized carbons (Fsp3) is 0.304. The topological polar surface area (TPSA) is 58.5 Å². The second kappa shape index (κ2) is 10.4. The smallest absolute Gasteiger partial charge is 0.191 e. The first kappa shape index (κ1) is 19.8. The molecule has 3 rings (SSSR count). The number of nitrogens with one attached hydrogen (secondary N) is 2. The lowest BCUT2D eigenvalue weighted by molar-refractivity contribution is 0.0646. The van der Waals surface area contributed by atoms with Crippen molar-refractivity contribution in [2.45, 2.75) is 26.0 Å². The van der Waals surface area contributed by atoms with Crippen LogP contribution in [0.3, 0.4) is 0 Å². The van der Waals surface area contributed by atoms with Crippen LogP contribution in [0, 0.1) is 0 Å². The zero-order valence-corrected chi connectivity index (χ0v) is 16.6. The predicted octanol–water partition coefficient (Wildman–Crippen LogP) is 4.07. The second-order valence-corrected chi connectivity index (χ2v) is 6.61. The summed E-state index contributed by atoms with van der Waals surface area (Å²) in [6, 6.07) is 20.6. The van der Waals surface area contributed by atoms with Crippen LogP contribution in [0.4, 0.5) is 0 Å². The lowest BCUT2D eigenvalue weighted by atomic mass is 10.1. The van der Waals surface area contributed by atoms with Gasteiger partial charge < -0.3 is 15.4 Å². The van der Waals surface area contributed by atoms with Crippen LogP contribution in [-0.4, -0.2) is 31.1 Å². The van der Waals surface area contributed by atoms with Gasteiger partial charge in [0.15, 0.2) is 5.96 Å². The van der Waals surface area contributed by atoms with E-state index in [1.807, 2.05) is 42.6 Å². The standard InChI is InChI=1S/C23H28N4O/c1-18(19-9-4-3-5-10-19)28-16-8-14-26-23(24-2)27-17-22-21-12-7-6-11-20(21)13-15-25-22/h3-7,9-13,15,18H,8,14,16-17H2,1-2H3,(H2,24,26,27). The van der Waals surface area contributed by atoms with E-state index in [1.54, 1.807) is 7.05 Å². The van der Waals surface area contributed by atoms with E-state index in [2.05, 4.69) is 51.8 Å². The highest BCUT2D eigenvalue weighted by Crippen LogP contribution is 2.16. The van der Waals surface area contributed by atoms with Gasteiger partial charge >= 0.3 is 0 Å². The monoisotopic (exact) mass is 376 g/mol. The molecule has 1 heterocycles. The third kappa shape index (κ3) is 5.54. The van der Waals surface area contributed by atoms with Gasteiger partial charge in [-0.15, -0.1) is 0 Å². The molecule has 1 atom stereocenters. The molecule has 0 radical (unpaired) electrons. The Morgan fingerprint density at radius 2 is 1.82 bits per heavy atom. The summed E-state index contributed by atoms with van der Waals surface area (Å²) in [7, 11) is 1.78. The number of pyridine rings is 1. The Kier molecular flexibility index (Phi) is 7.38. The normalized spacial score (nSPS) is 12.7. The molecule has 146 valence electrons. The molecule has 0 spiro atoms. The highest BCUT2D eigenvalue weighted by Gasteiger charge is 2.05. The van der Waals surface area contributed by atoms with Crippen LogP contribution in [0.2, 0.25) is 0 Å². The molecule has 0 aliphatic rings. The van der Waals surface area contributed by atoms with E-state index in [0.717, 1.165) is 30.0 Å². The van der Waals surface area contributed by atoms with Gasteiger partial charge in [0.2, 0.25) is 0 Å². The van der Waals surface area contributed by atoms with Crippen LogP contribution >= 0.6 is 0 Å². The van der Waals surface area contributed by atoms with Crippen molar-refractivity contribution in [3.05, 3.63) is 78.1 Å². The first-order valence-electron chi connectivity index (χ1n) is 9.71. The molecule has 2 N–H and O–H groups in total. The van der Waals surface area contributed by atoms with Crippen LogP contribution in [0.15, 0.2) is 71.9 Å². The maximum absolute atomic E-state index is 5.91. The summed E-state index contributed by atoms with van der Waals surface area (Å²) in [5.41, 5.74) is 2.22. The van der Waals surface area contributed by atoms with Crippen molar-refractivity contribution in [2.24, 2.45) is 4.99 Å². The summed E-state index contributed by atoms with van der Waals surface area (Å²) in [6.07, 6.45) is 2.86. The number of aromatic nitrogens is 1. The molecule has 0 aliphatic heterocycles. The Labute approximate surface area is 166 Å². The van der Waals surface area contributed by atoms with Gasteiger partial charge in [-0.05, 0) is 30.4 Å². The molecular weight excluding hydrogens is 348 g/mol. The van der Waals surface area contributed by atoms with Gasteiger partial charge in [0.05, 0.1) is 18.3 Å². The average molecular weight is 377 g/mol. The maximum Gasteiger partial charge on any atom is 0.191 e. The van der Waals surface area contributed by atoms with Crippen LogP contribution in [-0.2, 0) is 11.3 Å². The molecule has 3 aromatic rings. The number of guanidine groups is 1. The summed E-state index contributed by atoms with van der Waals surface area (Å²) in [6.45, 7) is 4.21. The summed E-state index contributed by atoms with van der Waals surface area (Å²) in [4.78, 5) is 8.80. The molecule has 2 aromatic carbocycles. The van der Waals surface area contributed by atoms with Gasteiger partial charge in [-0.2, -0.15) is 0 Å². The van der Waals surface area contributed by atoms with E-state index in [4.69, 9.17) is 4.74 Å². The van der Waals surface area contributed by atoms with Crippen LogP contribution in [0.1, 0.15) is 30.7 Å². The summed E-state index contributed by atoms with van der Waals surface area (Å²) < 4.78 is 5.91. The fourth-order valence-electron chi connectivity index (χ4n) is 3.07. The summed E-state index contributed by atoms with van der Waals surface area (Å²) in [5.74, 6) is 0.769. The molecular formula is C23H28N4O. The Balaban J connectivity index is 1.40. The molecule has 0 bridgehead atoms. The van der Waals surface area contributed by atoms with Gasteiger partial charge in [0.25, 0.3) is 0 Å². The van der Waals surface area contributed by atoms with Gasteiger partial charge in [0, 0.05) is 31.8 Å². The number of hydrogen-bond donors (Lipinski definition) is 2. The first-order valence-corrected chi connectivity index (χ1v) is 9.71. The van der Waals surface area contributed by atoms with Crippen molar-refractivity contribution in [1.82, 2.24) is 15.6 Å². The molecule has 0 saturated heterocycles. The van der Waals surface area contributed by atoms with Crippen molar-refractivity contribution in [2.75, 3.05) is 20.2 Å². The Morgan fingerprint density at radius 3 is 2.64 bits per heavy atom. The lowest BCUT2D eigenvalue weighted by Crippen LogP contribution is -2.37. The van der Waals surface area contributed by atoms with Crippen LogP contribution in [0.5, 0.6) is 0 Å². The van der Waals surface area contributed by atoms with E-state index >= 15 is 0 Å². The number of rotatable bonds is 8. The highest BCUT2D eigenvalue weighted by molar-refractivity contribution is 5.85. The van der Waals surface area contributed by atoms with Crippen molar-refractivity contribution in [3.63, 3.8) is 0 Å². The molecule has 0 amide bonds. The van der Waals surface area contributed by atoms with Gasteiger partial charge in [0.1, 0.15) is 0 Å². The SMILES string of the molecule is CN=C(NCCCOC(C)c1ccccc1)NCc1nccc2ccccc12. The Hall–Kier alpha value is -2.92. The number of hydrogen-bond acceptors (Lipinski definition) is 3. The molecule has 5 nitrogen and oxygen atoms in total. The van der Waals surface area contributed by atoms with E-state index in [0.29, 0.717) is 13.2 Å². The van der Waals surface area contributed by atoms with E-state index in [-0.39, 0.29) is 6.10 Å². The van der Waals surface area contributed by atoms with Crippen molar-refractivity contribution in [1.29, 1.82) is 0 Å². The van der Waals surface area contributed by atoms with E-state index in [1.165, 1.54) is 10.9 Å². The highest BCUT2D eigenvalue weighted by atomic mass is 16.5. The molecule has 1 unspecified atom stereocenters.